The fourth-order valence-electron chi connectivity index (χ4n) is 1.77. The molecule has 0 saturated heterocycles. The van der Waals surface area contributed by atoms with Crippen LogP contribution in [0, 0.1) is 5.92 Å². The Labute approximate surface area is 98.7 Å². The standard InChI is InChI=1S/C14H23NO/c1-3-7-14(15-10-12(2)11-16)13-8-5-4-6-9-13/h4-6,8-9,12,14-16H,3,7,10-11H2,1-2H3. The molecule has 0 radical (unpaired) electrons. The van der Waals surface area contributed by atoms with Crippen LogP contribution >= 0.6 is 0 Å². The van der Waals surface area contributed by atoms with Crippen molar-refractivity contribution < 1.29 is 5.11 Å². The van der Waals surface area contributed by atoms with Crippen LogP contribution in [0.1, 0.15) is 38.3 Å². The highest BCUT2D eigenvalue weighted by molar-refractivity contribution is 5.18. The zero-order valence-corrected chi connectivity index (χ0v) is 10.3. The van der Waals surface area contributed by atoms with Crippen LogP contribution in [0.4, 0.5) is 0 Å². The van der Waals surface area contributed by atoms with Crippen LogP contribution in [0.15, 0.2) is 30.3 Å². The summed E-state index contributed by atoms with van der Waals surface area (Å²) in [5.41, 5.74) is 1.34. The Bertz CT molecular complexity index is 273. The van der Waals surface area contributed by atoms with Crippen LogP contribution in [0.25, 0.3) is 0 Å². The summed E-state index contributed by atoms with van der Waals surface area (Å²) in [6.45, 7) is 5.38. The van der Waals surface area contributed by atoms with E-state index in [-0.39, 0.29) is 6.61 Å². The molecule has 0 aliphatic carbocycles. The molecule has 1 aromatic carbocycles. The average Bonchev–Trinajstić information content (AvgIpc) is 2.35. The van der Waals surface area contributed by atoms with Crippen molar-refractivity contribution in [3.05, 3.63) is 35.9 Å². The molecule has 0 spiro atoms. The molecule has 0 saturated carbocycles. The summed E-state index contributed by atoms with van der Waals surface area (Å²) in [7, 11) is 0. The van der Waals surface area contributed by atoms with E-state index >= 15 is 0 Å². The number of aliphatic hydroxyl groups is 1. The third-order valence-electron chi connectivity index (χ3n) is 2.80. The number of aliphatic hydroxyl groups excluding tert-OH is 1. The van der Waals surface area contributed by atoms with Crippen molar-refractivity contribution in [2.24, 2.45) is 5.92 Å². The van der Waals surface area contributed by atoms with E-state index < -0.39 is 0 Å². The Morgan fingerprint density at radius 3 is 2.50 bits per heavy atom. The molecule has 2 nitrogen and oxygen atoms in total. The summed E-state index contributed by atoms with van der Waals surface area (Å²) >= 11 is 0. The van der Waals surface area contributed by atoms with Gasteiger partial charge in [0.2, 0.25) is 0 Å². The molecule has 90 valence electrons. The predicted octanol–water partition coefficient (Wildman–Crippen LogP) is 2.75. The molecule has 0 bridgehead atoms. The van der Waals surface area contributed by atoms with E-state index in [2.05, 4.69) is 43.4 Å². The molecule has 0 amide bonds. The SMILES string of the molecule is CCCC(NCC(C)CO)c1ccccc1. The quantitative estimate of drug-likeness (QED) is 0.742. The molecule has 16 heavy (non-hydrogen) atoms. The highest BCUT2D eigenvalue weighted by Gasteiger charge is 2.10. The van der Waals surface area contributed by atoms with Gasteiger partial charge in [-0.15, -0.1) is 0 Å². The fourth-order valence-corrected chi connectivity index (χ4v) is 1.77. The lowest BCUT2D eigenvalue weighted by Gasteiger charge is -2.20. The van der Waals surface area contributed by atoms with Gasteiger partial charge in [0.15, 0.2) is 0 Å². The monoisotopic (exact) mass is 221 g/mol. The van der Waals surface area contributed by atoms with Crippen molar-refractivity contribution in [2.75, 3.05) is 13.2 Å². The Hall–Kier alpha value is -0.860. The molecule has 1 aromatic rings. The first kappa shape index (κ1) is 13.2. The Morgan fingerprint density at radius 2 is 1.94 bits per heavy atom. The summed E-state index contributed by atoms with van der Waals surface area (Å²) in [6.07, 6.45) is 2.31. The van der Waals surface area contributed by atoms with Crippen molar-refractivity contribution in [2.45, 2.75) is 32.7 Å². The number of hydrogen-bond donors (Lipinski definition) is 2. The lowest BCUT2D eigenvalue weighted by Crippen LogP contribution is -2.27. The van der Waals surface area contributed by atoms with Crippen LogP contribution in [-0.2, 0) is 0 Å². The van der Waals surface area contributed by atoms with Gasteiger partial charge < -0.3 is 10.4 Å². The molecule has 0 fully saturated rings. The van der Waals surface area contributed by atoms with Gasteiger partial charge in [0.05, 0.1) is 0 Å². The van der Waals surface area contributed by atoms with E-state index in [9.17, 15) is 0 Å². The van der Waals surface area contributed by atoms with E-state index in [1.165, 1.54) is 12.0 Å². The molecular weight excluding hydrogens is 198 g/mol. The van der Waals surface area contributed by atoms with Crippen LogP contribution in [0.2, 0.25) is 0 Å². The molecule has 2 N–H and O–H groups in total. The van der Waals surface area contributed by atoms with Gasteiger partial charge in [-0.25, -0.2) is 0 Å². The molecule has 1 rings (SSSR count). The van der Waals surface area contributed by atoms with Crippen LogP contribution in [-0.4, -0.2) is 18.3 Å². The first-order valence-corrected chi connectivity index (χ1v) is 6.17. The first-order valence-electron chi connectivity index (χ1n) is 6.17. The Kier molecular flexibility index (Phi) is 6.12. The minimum atomic E-state index is 0.251. The third kappa shape index (κ3) is 4.33. The number of benzene rings is 1. The lowest BCUT2D eigenvalue weighted by molar-refractivity contribution is 0.229. The number of rotatable bonds is 7. The third-order valence-corrected chi connectivity index (χ3v) is 2.80. The van der Waals surface area contributed by atoms with Gasteiger partial charge in [-0.1, -0.05) is 50.6 Å². The smallest absolute Gasteiger partial charge is 0.0468 e. The van der Waals surface area contributed by atoms with Gasteiger partial charge in [0.1, 0.15) is 0 Å². The zero-order chi connectivity index (χ0) is 11.8. The van der Waals surface area contributed by atoms with Gasteiger partial charge in [0.25, 0.3) is 0 Å². The Balaban J connectivity index is 2.54. The Morgan fingerprint density at radius 1 is 1.25 bits per heavy atom. The summed E-state index contributed by atoms with van der Waals surface area (Å²) in [5.74, 6) is 0.322. The highest BCUT2D eigenvalue weighted by Crippen LogP contribution is 2.18. The zero-order valence-electron chi connectivity index (χ0n) is 10.3. The summed E-state index contributed by atoms with van der Waals surface area (Å²) < 4.78 is 0. The van der Waals surface area contributed by atoms with E-state index in [4.69, 9.17) is 5.11 Å². The van der Waals surface area contributed by atoms with Crippen LogP contribution < -0.4 is 5.32 Å². The minimum Gasteiger partial charge on any atom is -0.396 e. The van der Waals surface area contributed by atoms with E-state index in [1.807, 2.05) is 6.07 Å². The van der Waals surface area contributed by atoms with Crippen molar-refractivity contribution in [3.8, 4) is 0 Å². The van der Waals surface area contributed by atoms with Gasteiger partial charge >= 0.3 is 0 Å². The van der Waals surface area contributed by atoms with E-state index in [0.717, 1.165) is 13.0 Å². The van der Waals surface area contributed by atoms with Gasteiger partial charge in [-0.3, -0.25) is 0 Å². The normalized spacial score (nSPS) is 14.7. The molecule has 2 heteroatoms. The molecule has 0 aliphatic heterocycles. The van der Waals surface area contributed by atoms with Crippen molar-refractivity contribution in [3.63, 3.8) is 0 Å². The molecule has 0 aromatic heterocycles. The second kappa shape index (κ2) is 7.42. The lowest BCUT2D eigenvalue weighted by atomic mass is 10.0. The minimum absolute atomic E-state index is 0.251. The summed E-state index contributed by atoms with van der Waals surface area (Å²) in [4.78, 5) is 0. The maximum absolute atomic E-state index is 9.01. The van der Waals surface area contributed by atoms with Crippen molar-refractivity contribution >= 4 is 0 Å². The molecular formula is C14H23NO. The van der Waals surface area contributed by atoms with Gasteiger partial charge in [0, 0.05) is 19.2 Å². The topological polar surface area (TPSA) is 32.3 Å². The maximum Gasteiger partial charge on any atom is 0.0468 e. The molecule has 2 unspecified atom stereocenters. The number of hydrogen-bond acceptors (Lipinski definition) is 2. The van der Waals surface area contributed by atoms with Crippen molar-refractivity contribution in [1.29, 1.82) is 0 Å². The first-order chi connectivity index (χ1) is 7.77. The van der Waals surface area contributed by atoms with E-state index in [1.54, 1.807) is 0 Å². The van der Waals surface area contributed by atoms with E-state index in [0.29, 0.717) is 12.0 Å². The largest absolute Gasteiger partial charge is 0.396 e. The van der Waals surface area contributed by atoms with Crippen LogP contribution in [0.3, 0.4) is 0 Å². The molecule has 0 heterocycles. The van der Waals surface area contributed by atoms with Crippen LogP contribution in [0.5, 0.6) is 0 Å². The summed E-state index contributed by atoms with van der Waals surface area (Å²) in [5, 5.41) is 12.5. The van der Waals surface area contributed by atoms with Gasteiger partial charge in [-0.05, 0) is 17.9 Å². The maximum atomic E-state index is 9.01. The molecule has 2 atom stereocenters. The molecule has 0 aliphatic rings. The van der Waals surface area contributed by atoms with Crippen molar-refractivity contribution in [1.82, 2.24) is 5.32 Å². The number of nitrogens with one attached hydrogen (secondary N) is 1. The average molecular weight is 221 g/mol. The summed E-state index contributed by atoms with van der Waals surface area (Å²) in [6, 6.07) is 10.9. The van der Waals surface area contributed by atoms with Gasteiger partial charge in [-0.2, -0.15) is 0 Å². The second-order valence-electron chi connectivity index (χ2n) is 4.45. The highest BCUT2D eigenvalue weighted by atomic mass is 16.3. The predicted molar refractivity (Wildman–Crippen MR) is 68.3 cm³/mol. The fraction of sp³-hybridized carbons (Fsp3) is 0.571. The second-order valence-corrected chi connectivity index (χ2v) is 4.45.